The number of aryl methyl sites for hydroxylation is 1. The van der Waals surface area contributed by atoms with Gasteiger partial charge in [0.15, 0.2) is 0 Å². The van der Waals surface area contributed by atoms with Gasteiger partial charge in [-0.3, -0.25) is 0 Å². The van der Waals surface area contributed by atoms with Crippen molar-refractivity contribution in [3.05, 3.63) is 65.7 Å². The van der Waals surface area contributed by atoms with E-state index in [4.69, 9.17) is 15.1 Å². The van der Waals surface area contributed by atoms with Gasteiger partial charge in [-0.25, -0.2) is 0 Å². The van der Waals surface area contributed by atoms with Crippen molar-refractivity contribution in [3.63, 3.8) is 0 Å². The quantitative estimate of drug-likeness (QED) is 0.857. The van der Waals surface area contributed by atoms with Crippen molar-refractivity contribution < 1.29 is 9.84 Å². The third-order valence-electron chi connectivity index (χ3n) is 2.31. The third kappa shape index (κ3) is 6.25. The molecule has 2 aromatic carbocycles. The lowest BCUT2D eigenvalue weighted by Gasteiger charge is -2.06. The van der Waals surface area contributed by atoms with Crippen molar-refractivity contribution in [1.29, 1.82) is 5.26 Å². The maximum Gasteiger partial charge on any atom is 0.130 e. The van der Waals surface area contributed by atoms with Crippen LogP contribution in [-0.2, 0) is 6.61 Å². The first-order valence-electron chi connectivity index (χ1n) is 5.97. The molecule has 2 rings (SSSR count). The molecular formula is C16H17NO2. The average Bonchev–Trinajstić information content (AvgIpc) is 2.47. The maximum absolute atomic E-state index is 7.51. The third-order valence-corrected chi connectivity index (χ3v) is 2.31. The number of ether oxygens (including phenoxy) is 1. The van der Waals surface area contributed by atoms with Crippen molar-refractivity contribution in [3.8, 4) is 11.8 Å². The highest BCUT2D eigenvalue weighted by Gasteiger charge is 1.94. The predicted molar refractivity (Wildman–Crippen MR) is 74.7 cm³/mol. The Hall–Kier alpha value is -2.31. The van der Waals surface area contributed by atoms with E-state index >= 15 is 0 Å². The first kappa shape index (κ1) is 14.7. The summed E-state index contributed by atoms with van der Waals surface area (Å²) in [7, 11) is 0. The van der Waals surface area contributed by atoms with Crippen LogP contribution in [0.2, 0.25) is 0 Å². The van der Waals surface area contributed by atoms with E-state index in [2.05, 4.69) is 25.1 Å². The summed E-state index contributed by atoms with van der Waals surface area (Å²) in [5.74, 6) is 0.929. The first-order chi connectivity index (χ1) is 9.26. The van der Waals surface area contributed by atoms with Crippen LogP contribution in [0.3, 0.4) is 0 Å². The molecule has 0 heterocycles. The second-order valence-electron chi connectivity index (χ2n) is 3.91. The monoisotopic (exact) mass is 255 g/mol. The van der Waals surface area contributed by atoms with Gasteiger partial charge in [0.1, 0.15) is 19.0 Å². The van der Waals surface area contributed by atoms with Gasteiger partial charge in [-0.15, -0.1) is 0 Å². The zero-order valence-electron chi connectivity index (χ0n) is 10.9. The van der Waals surface area contributed by atoms with Crippen LogP contribution in [0.15, 0.2) is 54.6 Å². The molecule has 0 spiro atoms. The minimum Gasteiger partial charge on any atom is -0.489 e. The largest absolute Gasteiger partial charge is 0.489 e. The summed E-state index contributed by atoms with van der Waals surface area (Å²) >= 11 is 0. The topological polar surface area (TPSA) is 53.2 Å². The number of benzene rings is 2. The number of nitrogens with zero attached hydrogens (tertiary/aromatic N) is 1. The SMILES string of the molecule is Cc1cccc(OCc2ccccc2)c1.N#CCO. The minimum atomic E-state index is -0.375. The Morgan fingerprint density at radius 1 is 1.11 bits per heavy atom. The fourth-order valence-electron chi connectivity index (χ4n) is 1.45. The smallest absolute Gasteiger partial charge is 0.130 e. The van der Waals surface area contributed by atoms with Gasteiger partial charge in [0.25, 0.3) is 0 Å². The molecule has 0 saturated heterocycles. The first-order valence-corrected chi connectivity index (χ1v) is 5.97. The second-order valence-corrected chi connectivity index (χ2v) is 3.91. The van der Waals surface area contributed by atoms with Crippen molar-refractivity contribution in [2.75, 3.05) is 6.61 Å². The lowest BCUT2D eigenvalue weighted by atomic mass is 10.2. The van der Waals surface area contributed by atoms with Gasteiger partial charge in [-0.05, 0) is 30.2 Å². The van der Waals surface area contributed by atoms with E-state index in [-0.39, 0.29) is 6.61 Å². The molecule has 98 valence electrons. The van der Waals surface area contributed by atoms with Crippen molar-refractivity contribution in [2.24, 2.45) is 0 Å². The molecular weight excluding hydrogens is 238 g/mol. The zero-order valence-corrected chi connectivity index (χ0v) is 10.9. The Morgan fingerprint density at radius 2 is 1.79 bits per heavy atom. The second kappa shape index (κ2) is 8.73. The van der Waals surface area contributed by atoms with E-state index in [1.807, 2.05) is 36.4 Å². The van der Waals surface area contributed by atoms with E-state index in [1.165, 1.54) is 17.2 Å². The predicted octanol–water partition coefficient (Wildman–Crippen LogP) is 3.08. The number of hydrogen-bond donors (Lipinski definition) is 1. The molecule has 1 N–H and O–H groups in total. The fraction of sp³-hybridized carbons (Fsp3) is 0.188. The van der Waals surface area contributed by atoms with E-state index in [0.717, 1.165) is 5.75 Å². The van der Waals surface area contributed by atoms with Crippen LogP contribution >= 0.6 is 0 Å². The van der Waals surface area contributed by atoms with E-state index in [9.17, 15) is 0 Å². The zero-order chi connectivity index (χ0) is 13.9. The molecule has 2 aromatic rings. The summed E-state index contributed by atoms with van der Waals surface area (Å²) in [6.07, 6.45) is 0. The molecule has 0 radical (unpaired) electrons. The van der Waals surface area contributed by atoms with Gasteiger partial charge in [-0.1, -0.05) is 42.5 Å². The summed E-state index contributed by atoms with van der Waals surface area (Å²) in [6, 6.07) is 19.8. The number of aliphatic hydroxyl groups excluding tert-OH is 1. The molecule has 0 saturated carbocycles. The summed E-state index contributed by atoms with van der Waals surface area (Å²) in [6.45, 7) is 2.32. The Labute approximate surface area is 113 Å². The molecule has 0 fully saturated rings. The van der Waals surface area contributed by atoms with E-state index in [1.54, 1.807) is 0 Å². The number of aliphatic hydroxyl groups is 1. The molecule has 3 nitrogen and oxygen atoms in total. The van der Waals surface area contributed by atoms with Crippen LogP contribution in [0.5, 0.6) is 5.75 Å². The highest BCUT2D eigenvalue weighted by atomic mass is 16.5. The fourth-order valence-corrected chi connectivity index (χ4v) is 1.45. The van der Waals surface area contributed by atoms with Gasteiger partial charge >= 0.3 is 0 Å². The highest BCUT2D eigenvalue weighted by molar-refractivity contribution is 5.27. The Balaban J connectivity index is 0.000000399. The minimum absolute atomic E-state index is 0.375. The molecule has 0 aliphatic carbocycles. The molecule has 0 aromatic heterocycles. The van der Waals surface area contributed by atoms with Crippen LogP contribution < -0.4 is 4.74 Å². The molecule has 19 heavy (non-hydrogen) atoms. The van der Waals surface area contributed by atoms with Crippen LogP contribution in [0.1, 0.15) is 11.1 Å². The number of hydrogen-bond acceptors (Lipinski definition) is 3. The summed E-state index contributed by atoms with van der Waals surface area (Å²) in [4.78, 5) is 0. The van der Waals surface area contributed by atoms with E-state index in [0.29, 0.717) is 6.61 Å². The van der Waals surface area contributed by atoms with Gasteiger partial charge in [0.05, 0.1) is 6.07 Å². The summed E-state index contributed by atoms with van der Waals surface area (Å²) in [5.41, 5.74) is 2.42. The summed E-state index contributed by atoms with van der Waals surface area (Å²) in [5, 5.41) is 14.9. The summed E-state index contributed by atoms with van der Waals surface area (Å²) < 4.78 is 5.67. The molecule has 3 heteroatoms. The Kier molecular flexibility index (Phi) is 6.78. The van der Waals surface area contributed by atoms with Crippen molar-refractivity contribution >= 4 is 0 Å². The van der Waals surface area contributed by atoms with Crippen LogP contribution in [0.4, 0.5) is 0 Å². The molecule has 0 amide bonds. The van der Waals surface area contributed by atoms with Crippen molar-refractivity contribution in [1.82, 2.24) is 0 Å². The maximum atomic E-state index is 7.51. The molecule has 0 unspecified atom stereocenters. The van der Waals surface area contributed by atoms with Gasteiger partial charge in [0, 0.05) is 0 Å². The van der Waals surface area contributed by atoms with Crippen LogP contribution in [0.25, 0.3) is 0 Å². The van der Waals surface area contributed by atoms with E-state index < -0.39 is 0 Å². The van der Waals surface area contributed by atoms with Crippen LogP contribution in [0, 0.1) is 18.3 Å². The normalized spacial score (nSPS) is 8.89. The van der Waals surface area contributed by atoms with Crippen LogP contribution in [-0.4, -0.2) is 11.7 Å². The average molecular weight is 255 g/mol. The van der Waals surface area contributed by atoms with Gasteiger partial charge in [0.2, 0.25) is 0 Å². The van der Waals surface area contributed by atoms with Gasteiger partial charge < -0.3 is 9.84 Å². The standard InChI is InChI=1S/C14H14O.C2H3NO/c1-12-6-5-9-14(10-12)15-11-13-7-3-2-4-8-13;3-1-2-4/h2-10H,11H2,1H3;4H,2H2. The molecule has 0 atom stereocenters. The number of rotatable bonds is 3. The van der Waals surface area contributed by atoms with Gasteiger partial charge in [-0.2, -0.15) is 5.26 Å². The molecule has 0 aliphatic heterocycles. The Morgan fingerprint density at radius 3 is 2.37 bits per heavy atom. The van der Waals surface area contributed by atoms with Crippen molar-refractivity contribution in [2.45, 2.75) is 13.5 Å². The highest BCUT2D eigenvalue weighted by Crippen LogP contribution is 2.14. The number of nitriles is 1. The lowest BCUT2D eigenvalue weighted by Crippen LogP contribution is -1.94. The molecule has 0 bridgehead atoms. The Bertz CT molecular complexity index is 518. The lowest BCUT2D eigenvalue weighted by molar-refractivity contribution is 0.306. The molecule has 0 aliphatic rings.